The minimum Gasteiger partial charge on any atom is -0.396 e. The fourth-order valence-corrected chi connectivity index (χ4v) is 3.46. The van der Waals surface area contributed by atoms with Crippen molar-refractivity contribution in [2.75, 3.05) is 6.61 Å². The highest BCUT2D eigenvalue weighted by molar-refractivity contribution is 5.74. The number of carbonyl (C=O) groups is 1. The molecule has 6 nitrogen and oxygen atoms in total. The number of nitrogens with zero attached hydrogens (tertiary/aromatic N) is 2. The zero-order chi connectivity index (χ0) is 17.6. The number of carbonyl (C=O) groups excluding carboxylic acids is 1. The first-order chi connectivity index (χ1) is 12.2. The Hall–Kier alpha value is -2.34. The maximum absolute atomic E-state index is 12.3. The van der Waals surface area contributed by atoms with Crippen LogP contribution in [-0.2, 0) is 0 Å². The van der Waals surface area contributed by atoms with Crippen LogP contribution in [0, 0.1) is 5.92 Å². The zero-order valence-corrected chi connectivity index (χ0v) is 14.6. The number of nitrogens with one attached hydrogen (secondary N) is 2. The van der Waals surface area contributed by atoms with Crippen molar-refractivity contribution in [1.29, 1.82) is 0 Å². The summed E-state index contributed by atoms with van der Waals surface area (Å²) in [4.78, 5) is 12.3. The van der Waals surface area contributed by atoms with Crippen LogP contribution < -0.4 is 10.6 Å². The van der Waals surface area contributed by atoms with Gasteiger partial charge in [0.05, 0.1) is 11.7 Å². The largest absolute Gasteiger partial charge is 0.396 e. The average Bonchev–Trinajstić information content (AvgIpc) is 3.17. The lowest BCUT2D eigenvalue weighted by atomic mass is 9.85. The van der Waals surface area contributed by atoms with Crippen molar-refractivity contribution in [3.8, 4) is 5.69 Å². The number of aromatic nitrogens is 2. The quantitative estimate of drug-likeness (QED) is 0.782. The SMILES string of the molecule is CC(NC(=O)NC1CCCCC1CO)c1cccc(-n2cccn2)c1. The van der Waals surface area contributed by atoms with Gasteiger partial charge in [0.25, 0.3) is 0 Å². The number of urea groups is 1. The molecule has 6 heteroatoms. The predicted octanol–water partition coefficient (Wildman–Crippen LogP) is 2.78. The van der Waals surface area contributed by atoms with Gasteiger partial charge in [0, 0.05) is 31.0 Å². The van der Waals surface area contributed by atoms with Crippen molar-refractivity contribution in [3.63, 3.8) is 0 Å². The van der Waals surface area contributed by atoms with Crippen molar-refractivity contribution in [3.05, 3.63) is 48.3 Å². The molecular weight excluding hydrogens is 316 g/mol. The van der Waals surface area contributed by atoms with Crippen LogP contribution in [0.4, 0.5) is 4.79 Å². The molecule has 1 aliphatic rings. The molecule has 0 saturated heterocycles. The summed E-state index contributed by atoms with van der Waals surface area (Å²) < 4.78 is 1.80. The molecule has 2 amide bonds. The third-order valence-electron chi connectivity index (χ3n) is 4.95. The fourth-order valence-electron chi connectivity index (χ4n) is 3.46. The van der Waals surface area contributed by atoms with Crippen LogP contribution >= 0.6 is 0 Å². The highest BCUT2D eigenvalue weighted by Gasteiger charge is 2.26. The summed E-state index contributed by atoms with van der Waals surface area (Å²) in [5, 5.41) is 19.7. The van der Waals surface area contributed by atoms with Crippen molar-refractivity contribution >= 4 is 6.03 Å². The lowest BCUT2D eigenvalue weighted by molar-refractivity contribution is 0.153. The second-order valence-corrected chi connectivity index (χ2v) is 6.72. The van der Waals surface area contributed by atoms with Crippen molar-refractivity contribution in [2.24, 2.45) is 5.92 Å². The number of hydrogen-bond donors (Lipinski definition) is 3. The number of aliphatic hydroxyl groups excluding tert-OH is 1. The van der Waals surface area contributed by atoms with E-state index in [0.717, 1.165) is 36.9 Å². The van der Waals surface area contributed by atoms with E-state index >= 15 is 0 Å². The number of amides is 2. The first kappa shape index (κ1) is 17.5. The minimum atomic E-state index is -0.178. The molecule has 0 spiro atoms. The molecule has 3 rings (SSSR count). The molecule has 1 aliphatic carbocycles. The van der Waals surface area contributed by atoms with E-state index in [-0.39, 0.29) is 30.6 Å². The normalized spacial score (nSPS) is 21.5. The monoisotopic (exact) mass is 342 g/mol. The number of rotatable bonds is 5. The van der Waals surface area contributed by atoms with Gasteiger partial charge in [-0.25, -0.2) is 9.48 Å². The standard InChI is InChI=1S/C19H26N4O2/c1-14(15-7-4-8-17(12-15)23-11-5-10-20-23)21-19(25)22-18-9-3-2-6-16(18)13-24/h4-5,7-8,10-12,14,16,18,24H,2-3,6,9,13H2,1H3,(H2,21,22,25). The van der Waals surface area contributed by atoms with E-state index in [1.165, 1.54) is 0 Å². The number of benzene rings is 1. The lowest BCUT2D eigenvalue weighted by Crippen LogP contribution is -2.48. The number of hydrogen-bond acceptors (Lipinski definition) is 3. The van der Waals surface area contributed by atoms with Gasteiger partial charge in [-0.3, -0.25) is 0 Å². The Morgan fingerprint density at radius 2 is 2.20 bits per heavy atom. The summed E-state index contributed by atoms with van der Waals surface area (Å²) in [7, 11) is 0. The van der Waals surface area contributed by atoms with E-state index in [9.17, 15) is 9.90 Å². The molecule has 3 N–H and O–H groups in total. The van der Waals surface area contributed by atoms with E-state index in [1.807, 2.05) is 43.5 Å². The van der Waals surface area contributed by atoms with Gasteiger partial charge >= 0.3 is 6.03 Å². The Labute approximate surface area is 148 Å². The molecule has 3 unspecified atom stereocenters. The van der Waals surface area contributed by atoms with Crippen LogP contribution in [0.25, 0.3) is 5.69 Å². The van der Waals surface area contributed by atoms with E-state index < -0.39 is 0 Å². The maximum Gasteiger partial charge on any atom is 0.315 e. The molecule has 3 atom stereocenters. The van der Waals surface area contributed by atoms with Gasteiger partial charge in [0.15, 0.2) is 0 Å². The number of aliphatic hydroxyl groups is 1. The molecule has 1 saturated carbocycles. The van der Waals surface area contributed by atoms with Crippen molar-refractivity contribution in [1.82, 2.24) is 20.4 Å². The Morgan fingerprint density at radius 1 is 1.36 bits per heavy atom. The lowest BCUT2D eigenvalue weighted by Gasteiger charge is -2.31. The molecule has 1 fully saturated rings. The molecule has 1 aromatic heterocycles. The van der Waals surface area contributed by atoms with Gasteiger partial charge in [-0.2, -0.15) is 5.10 Å². The summed E-state index contributed by atoms with van der Waals surface area (Å²) in [5.41, 5.74) is 1.98. The molecule has 1 aromatic carbocycles. The predicted molar refractivity (Wildman–Crippen MR) is 96.5 cm³/mol. The second-order valence-electron chi connectivity index (χ2n) is 6.72. The van der Waals surface area contributed by atoms with E-state index in [1.54, 1.807) is 10.9 Å². The molecule has 1 heterocycles. The van der Waals surface area contributed by atoms with Crippen LogP contribution in [0.5, 0.6) is 0 Å². The molecular formula is C19H26N4O2. The van der Waals surface area contributed by atoms with Gasteiger partial charge < -0.3 is 15.7 Å². The van der Waals surface area contributed by atoms with Crippen LogP contribution in [-0.4, -0.2) is 33.6 Å². The highest BCUT2D eigenvalue weighted by Crippen LogP contribution is 2.24. The minimum absolute atomic E-state index is 0.0568. The summed E-state index contributed by atoms with van der Waals surface area (Å²) in [5.74, 6) is 0.165. The summed E-state index contributed by atoms with van der Waals surface area (Å²) in [6.07, 6.45) is 7.76. The van der Waals surface area contributed by atoms with Crippen LogP contribution in [0.15, 0.2) is 42.7 Å². The van der Waals surface area contributed by atoms with Gasteiger partial charge in [-0.1, -0.05) is 25.0 Å². The van der Waals surface area contributed by atoms with Gasteiger partial charge in [-0.15, -0.1) is 0 Å². The Bertz CT molecular complexity index is 686. The second kappa shape index (κ2) is 8.16. The fraction of sp³-hybridized carbons (Fsp3) is 0.474. The van der Waals surface area contributed by atoms with Gasteiger partial charge in [0.1, 0.15) is 0 Å². The van der Waals surface area contributed by atoms with Gasteiger partial charge in [0.2, 0.25) is 0 Å². The third-order valence-corrected chi connectivity index (χ3v) is 4.95. The van der Waals surface area contributed by atoms with E-state index in [0.29, 0.717) is 0 Å². The Morgan fingerprint density at radius 3 is 2.96 bits per heavy atom. The Kier molecular flexibility index (Phi) is 5.71. The zero-order valence-electron chi connectivity index (χ0n) is 14.6. The molecule has 2 aromatic rings. The topological polar surface area (TPSA) is 79.2 Å². The summed E-state index contributed by atoms with van der Waals surface area (Å²) >= 11 is 0. The molecule has 25 heavy (non-hydrogen) atoms. The summed E-state index contributed by atoms with van der Waals surface area (Å²) in [6, 6.07) is 9.60. The van der Waals surface area contributed by atoms with Crippen molar-refractivity contribution in [2.45, 2.75) is 44.7 Å². The van der Waals surface area contributed by atoms with Crippen LogP contribution in [0.2, 0.25) is 0 Å². The third kappa shape index (κ3) is 4.39. The molecule has 0 aliphatic heterocycles. The maximum atomic E-state index is 12.3. The first-order valence-corrected chi connectivity index (χ1v) is 8.95. The van der Waals surface area contributed by atoms with Gasteiger partial charge in [-0.05, 0) is 43.5 Å². The van der Waals surface area contributed by atoms with Crippen molar-refractivity contribution < 1.29 is 9.90 Å². The first-order valence-electron chi connectivity index (χ1n) is 8.95. The molecule has 0 bridgehead atoms. The van der Waals surface area contributed by atoms with E-state index in [2.05, 4.69) is 15.7 Å². The molecule has 134 valence electrons. The smallest absolute Gasteiger partial charge is 0.315 e. The summed E-state index contributed by atoms with van der Waals surface area (Å²) in [6.45, 7) is 2.10. The highest BCUT2D eigenvalue weighted by atomic mass is 16.3. The van der Waals surface area contributed by atoms with Crippen LogP contribution in [0.1, 0.15) is 44.2 Å². The Balaban J connectivity index is 1.61. The van der Waals surface area contributed by atoms with E-state index in [4.69, 9.17) is 0 Å². The van der Waals surface area contributed by atoms with Crippen LogP contribution in [0.3, 0.4) is 0 Å². The molecule has 0 radical (unpaired) electrons. The average molecular weight is 342 g/mol.